The summed E-state index contributed by atoms with van der Waals surface area (Å²) in [7, 11) is 1.86. The molecule has 1 aromatic carbocycles. The van der Waals surface area contributed by atoms with E-state index in [0.29, 0.717) is 6.54 Å². The van der Waals surface area contributed by atoms with Gasteiger partial charge in [0.1, 0.15) is 11.9 Å². The number of hydrogen-bond acceptors (Lipinski definition) is 3. The highest BCUT2D eigenvalue weighted by molar-refractivity contribution is 5.91. The molecular weight excluding hydrogens is 455 g/mol. The fourth-order valence-electron chi connectivity index (χ4n) is 8.10. The molecule has 4 aliphatic carbocycles. The van der Waals surface area contributed by atoms with E-state index < -0.39 is 0 Å². The number of nitrogens with zero attached hydrogens (tertiary/aromatic N) is 3. The molecule has 2 heterocycles. The molecule has 0 radical (unpaired) electrons. The van der Waals surface area contributed by atoms with Crippen molar-refractivity contribution in [3.63, 3.8) is 0 Å². The van der Waals surface area contributed by atoms with Gasteiger partial charge >= 0.3 is 0 Å². The van der Waals surface area contributed by atoms with Crippen LogP contribution in [-0.2, 0) is 16.0 Å². The topological polar surface area (TPSA) is 69.3 Å². The smallest absolute Gasteiger partial charge is 0.245 e. The second-order valence-electron chi connectivity index (χ2n) is 12.0. The molecular formula is C29H37FN4O2. The fraction of sp³-hybridized carbons (Fsp3) is 0.621. The molecule has 36 heavy (non-hydrogen) atoms. The maximum Gasteiger partial charge on any atom is 0.245 e. The van der Waals surface area contributed by atoms with Crippen LogP contribution in [0.25, 0.3) is 11.3 Å². The van der Waals surface area contributed by atoms with Gasteiger partial charge in [-0.25, -0.2) is 4.39 Å². The molecule has 2 aromatic rings. The van der Waals surface area contributed by atoms with Gasteiger partial charge in [-0.2, -0.15) is 5.10 Å². The van der Waals surface area contributed by atoms with Crippen LogP contribution in [0.4, 0.5) is 4.39 Å². The number of H-pyrrole nitrogens is 1. The van der Waals surface area contributed by atoms with Gasteiger partial charge in [0.05, 0.1) is 11.1 Å². The molecule has 4 bridgehead atoms. The van der Waals surface area contributed by atoms with Gasteiger partial charge in [-0.3, -0.25) is 14.7 Å². The van der Waals surface area contributed by atoms with E-state index in [4.69, 9.17) is 0 Å². The normalized spacial score (nSPS) is 30.7. The molecule has 1 saturated heterocycles. The lowest BCUT2D eigenvalue weighted by molar-refractivity contribution is -0.161. The van der Waals surface area contributed by atoms with E-state index in [9.17, 15) is 14.0 Å². The zero-order valence-corrected chi connectivity index (χ0v) is 21.2. The third-order valence-corrected chi connectivity index (χ3v) is 9.36. The number of carbonyl (C=O) groups excluding carboxylic acids is 2. The molecule has 7 heteroatoms. The number of carbonyl (C=O) groups is 2. The molecule has 192 valence electrons. The number of benzene rings is 1. The van der Waals surface area contributed by atoms with Gasteiger partial charge in [-0.1, -0.05) is 12.1 Å². The molecule has 0 spiro atoms. The van der Waals surface area contributed by atoms with E-state index in [1.807, 2.05) is 24.1 Å². The number of aryl methyl sites for hydroxylation is 1. The van der Waals surface area contributed by atoms with E-state index in [1.54, 1.807) is 11.0 Å². The fourth-order valence-corrected chi connectivity index (χ4v) is 8.10. The largest absolute Gasteiger partial charge is 0.344 e. The van der Waals surface area contributed by atoms with Crippen molar-refractivity contribution in [1.82, 2.24) is 20.0 Å². The minimum Gasteiger partial charge on any atom is -0.344 e. The highest BCUT2D eigenvalue weighted by Gasteiger charge is 2.56. The van der Waals surface area contributed by atoms with Gasteiger partial charge < -0.3 is 9.80 Å². The van der Waals surface area contributed by atoms with Crippen LogP contribution in [-0.4, -0.2) is 58.0 Å². The summed E-state index contributed by atoms with van der Waals surface area (Å²) in [5.41, 5.74) is 2.25. The zero-order valence-electron chi connectivity index (χ0n) is 21.2. The summed E-state index contributed by atoms with van der Waals surface area (Å²) in [6.45, 7) is 1.35. The van der Waals surface area contributed by atoms with Crippen LogP contribution in [0.5, 0.6) is 0 Å². The Morgan fingerprint density at radius 2 is 1.86 bits per heavy atom. The number of hydrogen-bond donors (Lipinski definition) is 1. The zero-order chi connectivity index (χ0) is 24.9. The van der Waals surface area contributed by atoms with Crippen molar-refractivity contribution < 1.29 is 14.0 Å². The Bertz CT molecular complexity index is 1110. The van der Waals surface area contributed by atoms with Crippen molar-refractivity contribution in [2.75, 3.05) is 20.1 Å². The van der Waals surface area contributed by atoms with E-state index in [1.165, 1.54) is 31.4 Å². The van der Waals surface area contributed by atoms with Gasteiger partial charge in [-0.15, -0.1) is 0 Å². The van der Waals surface area contributed by atoms with Gasteiger partial charge in [0.15, 0.2) is 0 Å². The molecule has 5 fully saturated rings. The summed E-state index contributed by atoms with van der Waals surface area (Å²) in [6.07, 6.45) is 10.3. The molecule has 5 aliphatic rings. The standard InChI is InChI=1S/C29H37FN4O2/c1-33(9-3-7-24-15-25(32-31-24)22-5-2-6-23(30)14-22)27(35)26-8-4-10-34(26)28(36)29-16-19-11-20(17-29)13-21(12-19)18-29/h2,5-6,14-15,19-21,26H,3-4,7-13,16-18H2,1H3,(H,31,32). The number of nitrogens with one attached hydrogen (secondary N) is 1. The van der Waals surface area contributed by atoms with Gasteiger partial charge in [-0.05, 0) is 100 Å². The van der Waals surface area contributed by atoms with Gasteiger partial charge in [0.25, 0.3) is 0 Å². The van der Waals surface area contributed by atoms with Crippen LogP contribution in [0.1, 0.15) is 63.5 Å². The van der Waals surface area contributed by atoms with Crippen molar-refractivity contribution in [2.45, 2.75) is 70.3 Å². The Kier molecular flexibility index (Phi) is 6.12. The minimum atomic E-state index is -0.303. The predicted molar refractivity (Wildman–Crippen MR) is 135 cm³/mol. The Hall–Kier alpha value is -2.70. The minimum absolute atomic E-state index is 0.0793. The number of aromatic amines is 1. The van der Waals surface area contributed by atoms with Crippen molar-refractivity contribution in [3.05, 3.63) is 41.8 Å². The van der Waals surface area contributed by atoms with Crippen molar-refractivity contribution in [1.29, 1.82) is 0 Å². The summed E-state index contributed by atoms with van der Waals surface area (Å²) in [6, 6.07) is 8.06. The average Bonchev–Trinajstić information content (AvgIpc) is 3.52. The SMILES string of the molecule is CN(CCCc1cc(-c2cccc(F)c2)n[nH]1)C(=O)C1CCCN1C(=O)C12CC3CC(CC(C3)C1)C2. The quantitative estimate of drug-likeness (QED) is 0.603. The average molecular weight is 493 g/mol. The molecule has 1 N–H and O–H groups in total. The monoisotopic (exact) mass is 492 g/mol. The van der Waals surface area contributed by atoms with Crippen LogP contribution in [0, 0.1) is 29.0 Å². The second-order valence-corrected chi connectivity index (χ2v) is 12.0. The van der Waals surface area contributed by atoms with Crippen molar-refractivity contribution in [3.8, 4) is 11.3 Å². The summed E-state index contributed by atoms with van der Waals surface area (Å²) in [4.78, 5) is 31.1. The van der Waals surface area contributed by atoms with Crippen molar-refractivity contribution in [2.24, 2.45) is 23.2 Å². The maximum atomic E-state index is 13.9. The first-order valence-electron chi connectivity index (χ1n) is 13.8. The lowest BCUT2D eigenvalue weighted by atomic mass is 9.49. The van der Waals surface area contributed by atoms with Crippen LogP contribution < -0.4 is 0 Å². The third-order valence-electron chi connectivity index (χ3n) is 9.36. The molecule has 1 atom stereocenters. The number of likely N-dealkylation sites (tertiary alicyclic amines) is 1. The van der Waals surface area contributed by atoms with Crippen LogP contribution in [0.3, 0.4) is 0 Å². The van der Waals surface area contributed by atoms with Crippen LogP contribution in [0.15, 0.2) is 30.3 Å². The Balaban J connectivity index is 1.05. The van der Waals surface area contributed by atoms with Gasteiger partial charge in [0, 0.05) is 31.4 Å². The Labute approximate surface area is 212 Å². The van der Waals surface area contributed by atoms with Crippen molar-refractivity contribution >= 4 is 11.8 Å². The molecule has 1 aliphatic heterocycles. The Morgan fingerprint density at radius 3 is 2.56 bits per heavy atom. The highest BCUT2D eigenvalue weighted by Crippen LogP contribution is 2.60. The maximum absolute atomic E-state index is 13.9. The van der Waals surface area contributed by atoms with E-state index in [2.05, 4.69) is 10.2 Å². The predicted octanol–water partition coefficient (Wildman–Crippen LogP) is 4.81. The Morgan fingerprint density at radius 1 is 1.14 bits per heavy atom. The summed E-state index contributed by atoms with van der Waals surface area (Å²) >= 11 is 0. The third kappa shape index (κ3) is 4.35. The number of halogens is 1. The number of likely N-dealkylation sites (N-methyl/N-ethyl adjacent to an activating group) is 1. The lowest BCUT2D eigenvalue weighted by Crippen LogP contribution is -2.57. The molecule has 4 saturated carbocycles. The molecule has 1 aromatic heterocycles. The van der Waals surface area contributed by atoms with E-state index in [-0.39, 0.29) is 29.1 Å². The van der Waals surface area contributed by atoms with E-state index in [0.717, 1.165) is 86.2 Å². The first-order chi connectivity index (χ1) is 17.4. The number of rotatable bonds is 7. The van der Waals surface area contributed by atoms with Crippen LogP contribution in [0.2, 0.25) is 0 Å². The first-order valence-corrected chi connectivity index (χ1v) is 13.8. The summed E-state index contributed by atoms with van der Waals surface area (Å²) in [5, 5.41) is 7.35. The molecule has 7 rings (SSSR count). The first kappa shape index (κ1) is 23.7. The highest BCUT2D eigenvalue weighted by atomic mass is 19.1. The summed E-state index contributed by atoms with van der Waals surface area (Å²) in [5.74, 6) is 2.26. The molecule has 1 unspecified atom stereocenters. The number of aromatic nitrogens is 2. The summed E-state index contributed by atoms with van der Waals surface area (Å²) < 4.78 is 13.5. The number of amides is 2. The van der Waals surface area contributed by atoms with Crippen LogP contribution >= 0.6 is 0 Å². The second kappa shape index (κ2) is 9.31. The van der Waals surface area contributed by atoms with E-state index >= 15 is 0 Å². The molecule has 6 nitrogen and oxygen atoms in total. The lowest BCUT2D eigenvalue weighted by Gasteiger charge is -2.56. The van der Waals surface area contributed by atoms with Gasteiger partial charge in [0.2, 0.25) is 11.8 Å². The molecule has 2 amide bonds.